The van der Waals surface area contributed by atoms with Gasteiger partial charge in [0, 0.05) is 47.8 Å². The van der Waals surface area contributed by atoms with Crippen LogP contribution in [0.1, 0.15) is 23.2 Å². The summed E-state index contributed by atoms with van der Waals surface area (Å²) in [6, 6.07) is 13.8. The van der Waals surface area contributed by atoms with E-state index in [9.17, 15) is 4.79 Å². The van der Waals surface area contributed by atoms with Gasteiger partial charge in [-0.05, 0) is 61.7 Å². The number of rotatable bonds is 3. The second-order valence-corrected chi connectivity index (χ2v) is 7.80. The first-order valence-corrected chi connectivity index (χ1v) is 10.3. The van der Waals surface area contributed by atoms with Crippen molar-refractivity contribution in [2.45, 2.75) is 26.3 Å². The second kappa shape index (κ2) is 7.43. The van der Waals surface area contributed by atoms with E-state index >= 15 is 0 Å². The highest BCUT2D eigenvalue weighted by molar-refractivity contribution is 5.89. The molecule has 1 aliphatic heterocycles. The lowest BCUT2D eigenvalue weighted by atomic mass is 10.1. The van der Waals surface area contributed by atoms with Crippen molar-refractivity contribution in [2.24, 2.45) is 0 Å². The summed E-state index contributed by atoms with van der Waals surface area (Å²) < 4.78 is 3.86. The Kier molecular flexibility index (Phi) is 4.60. The molecule has 0 spiro atoms. The Morgan fingerprint density at radius 2 is 2.07 bits per heavy atom. The monoisotopic (exact) mass is 396 g/mol. The van der Waals surface area contributed by atoms with Crippen LogP contribution in [0.25, 0.3) is 34.0 Å². The van der Waals surface area contributed by atoms with Gasteiger partial charge in [0.15, 0.2) is 0 Å². The quantitative estimate of drug-likeness (QED) is 0.562. The average Bonchev–Trinajstić information content (AvgIpc) is 2.89. The number of pyridine rings is 2. The van der Waals surface area contributed by atoms with Crippen LogP contribution in [0, 0.1) is 6.92 Å². The fourth-order valence-electron chi connectivity index (χ4n) is 4.33. The van der Waals surface area contributed by atoms with E-state index in [0.29, 0.717) is 0 Å². The molecule has 4 heterocycles. The van der Waals surface area contributed by atoms with Crippen molar-refractivity contribution in [3.8, 4) is 16.9 Å². The molecule has 0 saturated carbocycles. The first kappa shape index (κ1) is 18.6. The summed E-state index contributed by atoms with van der Waals surface area (Å²) in [5.74, 6) is 0. The van der Waals surface area contributed by atoms with Crippen LogP contribution in [0.2, 0.25) is 0 Å². The number of aromatic nitrogens is 3. The standard InChI is InChI=1S/C25H24N4O/c1-3-28-23-5-4-11-26-16-21(23)20-8-7-19(14-24(20)28)29-12-10-18(13-25(29)30)22-9-6-17(2)15-27-22/h3,6-10,12-15,26H,1,4-5,11,16H2,2H3. The SMILES string of the molecule is C=Cn1c2c(c3ccc(-n4ccc(-c5ccc(C)cn5)cc4=O)cc31)CNCCC2. The molecule has 0 atom stereocenters. The van der Waals surface area contributed by atoms with Crippen LogP contribution in [0.5, 0.6) is 0 Å². The smallest absolute Gasteiger partial charge is 0.255 e. The Balaban J connectivity index is 1.60. The van der Waals surface area contributed by atoms with Gasteiger partial charge in [-0.3, -0.25) is 14.3 Å². The molecular formula is C25H24N4O. The predicted molar refractivity (Wildman–Crippen MR) is 122 cm³/mol. The molecule has 0 amide bonds. The molecule has 4 aromatic rings. The molecule has 0 bridgehead atoms. The molecule has 0 unspecified atom stereocenters. The van der Waals surface area contributed by atoms with Crippen LogP contribution in [0.15, 0.2) is 66.2 Å². The lowest BCUT2D eigenvalue weighted by Gasteiger charge is -2.09. The van der Waals surface area contributed by atoms with E-state index in [2.05, 4.69) is 33.6 Å². The van der Waals surface area contributed by atoms with E-state index in [1.54, 1.807) is 10.6 Å². The molecule has 1 aliphatic rings. The summed E-state index contributed by atoms with van der Waals surface area (Å²) in [4.78, 5) is 17.3. The van der Waals surface area contributed by atoms with E-state index in [-0.39, 0.29) is 5.56 Å². The number of nitrogens with zero attached hydrogens (tertiary/aromatic N) is 3. The van der Waals surface area contributed by atoms with Crippen molar-refractivity contribution in [1.82, 2.24) is 19.4 Å². The first-order chi connectivity index (χ1) is 14.7. The molecule has 150 valence electrons. The molecule has 30 heavy (non-hydrogen) atoms. The molecule has 1 N–H and O–H groups in total. The summed E-state index contributed by atoms with van der Waals surface area (Å²) >= 11 is 0. The number of hydrogen-bond donors (Lipinski definition) is 1. The largest absolute Gasteiger partial charge is 0.320 e. The third kappa shape index (κ3) is 3.08. The van der Waals surface area contributed by atoms with E-state index in [4.69, 9.17) is 0 Å². The van der Waals surface area contributed by atoms with Crippen LogP contribution in [0.3, 0.4) is 0 Å². The van der Waals surface area contributed by atoms with Crippen LogP contribution in [-0.2, 0) is 13.0 Å². The molecule has 0 aliphatic carbocycles. The van der Waals surface area contributed by atoms with Gasteiger partial charge in [0.25, 0.3) is 5.56 Å². The number of nitrogens with one attached hydrogen (secondary N) is 1. The van der Waals surface area contributed by atoms with E-state index in [1.807, 2.05) is 49.8 Å². The van der Waals surface area contributed by atoms with Crippen LogP contribution >= 0.6 is 0 Å². The molecule has 1 aromatic carbocycles. The fourth-order valence-corrected chi connectivity index (χ4v) is 4.33. The Hall–Kier alpha value is -3.44. The van der Waals surface area contributed by atoms with Gasteiger partial charge >= 0.3 is 0 Å². The van der Waals surface area contributed by atoms with Crippen LogP contribution in [0.4, 0.5) is 0 Å². The number of hydrogen-bond acceptors (Lipinski definition) is 3. The van der Waals surface area contributed by atoms with Gasteiger partial charge in [0.1, 0.15) is 0 Å². The van der Waals surface area contributed by atoms with Gasteiger partial charge < -0.3 is 9.88 Å². The zero-order chi connectivity index (χ0) is 20.7. The van der Waals surface area contributed by atoms with Gasteiger partial charge in [0.2, 0.25) is 0 Å². The molecule has 0 saturated heterocycles. The van der Waals surface area contributed by atoms with Crippen molar-refractivity contribution in [3.05, 3.63) is 88.6 Å². The normalized spacial score (nSPS) is 13.8. The highest BCUT2D eigenvalue weighted by atomic mass is 16.1. The molecule has 0 radical (unpaired) electrons. The fraction of sp³-hybridized carbons (Fsp3) is 0.200. The zero-order valence-corrected chi connectivity index (χ0v) is 17.1. The summed E-state index contributed by atoms with van der Waals surface area (Å²) in [6.45, 7) is 7.93. The Labute approximate surface area is 175 Å². The highest BCUT2D eigenvalue weighted by Crippen LogP contribution is 2.30. The highest BCUT2D eigenvalue weighted by Gasteiger charge is 2.18. The third-order valence-electron chi connectivity index (χ3n) is 5.86. The van der Waals surface area contributed by atoms with Gasteiger partial charge in [-0.25, -0.2) is 0 Å². The maximum absolute atomic E-state index is 12.9. The molecule has 5 heteroatoms. The lowest BCUT2D eigenvalue weighted by molar-refractivity contribution is 0.679. The molecule has 5 rings (SSSR count). The minimum absolute atomic E-state index is 0.0748. The van der Waals surface area contributed by atoms with Gasteiger partial charge in [-0.2, -0.15) is 0 Å². The summed E-state index contributed by atoms with van der Waals surface area (Å²) in [7, 11) is 0. The van der Waals surface area contributed by atoms with Crippen LogP contribution < -0.4 is 10.9 Å². The average molecular weight is 396 g/mol. The van der Waals surface area contributed by atoms with E-state index in [0.717, 1.165) is 54.0 Å². The van der Waals surface area contributed by atoms with Crippen LogP contribution in [-0.4, -0.2) is 20.7 Å². The van der Waals surface area contributed by atoms with Gasteiger partial charge in [-0.15, -0.1) is 0 Å². The first-order valence-electron chi connectivity index (χ1n) is 10.3. The second-order valence-electron chi connectivity index (χ2n) is 7.80. The van der Waals surface area contributed by atoms with Crippen molar-refractivity contribution < 1.29 is 0 Å². The molecule has 0 fully saturated rings. The maximum atomic E-state index is 12.9. The number of fused-ring (bicyclic) bond motifs is 3. The zero-order valence-electron chi connectivity index (χ0n) is 17.1. The Bertz CT molecular complexity index is 1310. The van der Waals surface area contributed by atoms with Crippen molar-refractivity contribution in [1.29, 1.82) is 0 Å². The Morgan fingerprint density at radius 1 is 1.17 bits per heavy atom. The lowest BCUT2D eigenvalue weighted by Crippen LogP contribution is -2.16. The molecular weight excluding hydrogens is 372 g/mol. The summed E-state index contributed by atoms with van der Waals surface area (Å²) in [6.07, 6.45) is 7.66. The Morgan fingerprint density at radius 3 is 2.83 bits per heavy atom. The minimum Gasteiger partial charge on any atom is -0.320 e. The van der Waals surface area contributed by atoms with Crippen molar-refractivity contribution in [2.75, 3.05) is 6.54 Å². The summed E-state index contributed by atoms with van der Waals surface area (Å²) in [5.41, 5.74) is 7.24. The predicted octanol–water partition coefficient (Wildman–Crippen LogP) is 4.30. The maximum Gasteiger partial charge on any atom is 0.255 e. The number of benzene rings is 1. The van der Waals surface area contributed by atoms with Gasteiger partial charge in [-0.1, -0.05) is 18.7 Å². The van der Waals surface area contributed by atoms with E-state index in [1.165, 1.54) is 16.6 Å². The third-order valence-corrected chi connectivity index (χ3v) is 5.86. The minimum atomic E-state index is -0.0748. The molecule has 5 nitrogen and oxygen atoms in total. The van der Waals surface area contributed by atoms with Gasteiger partial charge in [0.05, 0.1) is 16.9 Å². The van der Waals surface area contributed by atoms with Crippen molar-refractivity contribution >= 4 is 17.1 Å². The molecule has 3 aromatic heterocycles. The van der Waals surface area contributed by atoms with Crippen molar-refractivity contribution in [3.63, 3.8) is 0 Å². The number of aryl methyl sites for hydroxylation is 1. The summed E-state index contributed by atoms with van der Waals surface area (Å²) in [5, 5.41) is 4.72. The van der Waals surface area contributed by atoms with E-state index < -0.39 is 0 Å². The topological polar surface area (TPSA) is 51.9 Å².